The monoisotopic (exact) mass is 200 g/mol. The minimum absolute atomic E-state index is 0.0434. The summed E-state index contributed by atoms with van der Waals surface area (Å²) in [4.78, 5) is 2.05. The topological polar surface area (TPSA) is 45.5 Å². The summed E-state index contributed by atoms with van der Waals surface area (Å²) in [5.74, 6) is 0.609. The number of amidine groups is 1. The average molecular weight is 200 g/mol. The van der Waals surface area contributed by atoms with Crippen molar-refractivity contribution in [1.29, 1.82) is 5.41 Å². The fourth-order valence-electron chi connectivity index (χ4n) is 1.64. The lowest BCUT2D eigenvalue weighted by molar-refractivity contribution is 0.0570. The van der Waals surface area contributed by atoms with E-state index < -0.39 is 0 Å². The van der Waals surface area contributed by atoms with Crippen LogP contribution in [0.5, 0.6) is 0 Å². The number of nitrogens with one attached hydrogen (secondary N) is 1. The quantitative estimate of drug-likeness (QED) is 0.546. The summed E-state index contributed by atoms with van der Waals surface area (Å²) >= 11 is 0. The van der Waals surface area contributed by atoms with Crippen LogP contribution in [0.2, 0.25) is 0 Å². The fourth-order valence-corrected chi connectivity index (χ4v) is 1.64. The summed E-state index contributed by atoms with van der Waals surface area (Å²) in [6, 6.07) is 0. The zero-order chi connectivity index (χ0) is 10.4. The van der Waals surface area contributed by atoms with E-state index in [4.69, 9.17) is 14.9 Å². The van der Waals surface area contributed by atoms with Crippen LogP contribution >= 0.6 is 0 Å². The molecular weight excluding hydrogens is 180 g/mol. The van der Waals surface area contributed by atoms with E-state index in [1.165, 1.54) is 0 Å². The zero-order valence-electron chi connectivity index (χ0n) is 9.08. The van der Waals surface area contributed by atoms with Gasteiger partial charge in [-0.25, -0.2) is 0 Å². The SMILES string of the molecule is CCCC(OC)C(=N)N1CCOCC1. The molecule has 1 heterocycles. The van der Waals surface area contributed by atoms with Crippen LogP contribution in [0.1, 0.15) is 19.8 Å². The van der Waals surface area contributed by atoms with Gasteiger partial charge in [0, 0.05) is 20.2 Å². The van der Waals surface area contributed by atoms with Crippen molar-refractivity contribution >= 4 is 5.84 Å². The van der Waals surface area contributed by atoms with Crippen molar-refractivity contribution in [2.45, 2.75) is 25.9 Å². The number of nitrogens with zero attached hydrogens (tertiary/aromatic N) is 1. The first-order valence-corrected chi connectivity index (χ1v) is 5.23. The maximum Gasteiger partial charge on any atom is 0.126 e. The molecule has 0 aromatic rings. The van der Waals surface area contributed by atoms with Crippen molar-refractivity contribution < 1.29 is 9.47 Å². The van der Waals surface area contributed by atoms with Crippen LogP contribution in [0, 0.1) is 5.41 Å². The number of hydrogen-bond donors (Lipinski definition) is 1. The normalized spacial score (nSPS) is 19.4. The van der Waals surface area contributed by atoms with E-state index in [-0.39, 0.29) is 6.10 Å². The molecule has 1 atom stereocenters. The second-order valence-corrected chi connectivity index (χ2v) is 3.50. The van der Waals surface area contributed by atoms with E-state index in [1.807, 2.05) is 4.90 Å². The summed E-state index contributed by atoms with van der Waals surface area (Å²) in [6.45, 7) is 5.21. The molecule has 14 heavy (non-hydrogen) atoms. The maximum atomic E-state index is 7.99. The van der Waals surface area contributed by atoms with E-state index >= 15 is 0 Å². The largest absolute Gasteiger partial charge is 0.378 e. The molecule has 0 aliphatic carbocycles. The highest BCUT2D eigenvalue weighted by molar-refractivity contribution is 5.83. The van der Waals surface area contributed by atoms with Gasteiger partial charge in [0.15, 0.2) is 0 Å². The van der Waals surface area contributed by atoms with Gasteiger partial charge in [-0.05, 0) is 6.42 Å². The molecular formula is C10H20N2O2. The van der Waals surface area contributed by atoms with E-state index in [0.717, 1.165) is 39.1 Å². The summed E-state index contributed by atoms with van der Waals surface area (Å²) in [5, 5.41) is 7.99. The number of methoxy groups -OCH3 is 1. The van der Waals surface area contributed by atoms with Gasteiger partial charge in [0.05, 0.1) is 13.2 Å². The van der Waals surface area contributed by atoms with Gasteiger partial charge < -0.3 is 14.4 Å². The first-order chi connectivity index (χ1) is 6.79. The highest BCUT2D eigenvalue weighted by Gasteiger charge is 2.21. The molecule has 1 saturated heterocycles. The minimum Gasteiger partial charge on any atom is -0.378 e. The molecule has 82 valence electrons. The Labute approximate surface area is 85.7 Å². The molecule has 0 radical (unpaired) electrons. The molecule has 0 aromatic carbocycles. The van der Waals surface area contributed by atoms with Crippen LogP contribution in [-0.4, -0.2) is 50.3 Å². The molecule has 0 amide bonds. The number of rotatable bonds is 4. The Morgan fingerprint density at radius 3 is 2.64 bits per heavy atom. The molecule has 4 nitrogen and oxygen atoms in total. The Morgan fingerprint density at radius 2 is 2.14 bits per heavy atom. The molecule has 1 fully saturated rings. The van der Waals surface area contributed by atoms with Crippen molar-refractivity contribution in [2.24, 2.45) is 0 Å². The van der Waals surface area contributed by atoms with Crippen molar-refractivity contribution in [3.8, 4) is 0 Å². The summed E-state index contributed by atoms with van der Waals surface area (Å²) < 4.78 is 10.5. The number of morpholine rings is 1. The molecule has 1 rings (SSSR count). The second-order valence-electron chi connectivity index (χ2n) is 3.50. The molecule has 0 bridgehead atoms. The van der Waals surface area contributed by atoms with Crippen LogP contribution in [0.15, 0.2) is 0 Å². The Balaban J connectivity index is 2.43. The van der Waals surface area contributed by atoms with Crippen molar-refractivity contribution in [3.05, 3.63) is 0 Å². The van der Waals surface area contributed by atoms with Crippen LogP contribution in [0.25, 0.3) is 0 Å². The van der Waals surface area contributed by atoms with Crippen LogP contribution in [0.3, 0.4) is 0 Å². The van der Waals surface area contributed by atoms with E-state index in [1.54, 1.807) is 7.11 Å². The van der Waals surface area contributed by atoms with Gasteiger partial charge in [0.25, 0.3) is 0 Å². The van der Waals surface area contributed by atoms with E-state index in [9.17, 15) is 0 Å². The predicted octanol–water partition coefficient (Wildman–Crippen LogP) is 1.11. The Hall–Kier alpha value is -0.610. The zero-order valence-corrected chi connectivity index (χ0v) is 9.08. The highest BCUT2D eigenvalue weighted by Crippen LogP contribution is 2.08. The summed E-state index contributed by atoms with van der Waals surface area (Å²) in [5.41, 5.74) is 0. The van der Waals surface area contributed by atoms with Crippen molar-refractivity contribution in [1.82, 2.24) is 4.90 Å². The Morgan fingerprint density at radius 1 is 1.50 bits per heavy atom. The third-order valence-electron chi connectivity index (χ3n) is 2.49. The standard InChI is InChI=1S/C10H20N2O2/c1-3-4-9(13-2)10(11)12-5-7-14-8-6-12/h9,11H,3-8H2,1-2H3. The smallest absolute Gasteiger partial charge is 0.126 e. The minimum atomic E-state index is -0.0434. The fraction of sp³-hybridized carbons (Fsp3) is 0.900. The second kappa shape index (κ2) is 5.98. The third kappa shape index (κ3) is 2.96. The number of ether oxygens (including phenoxy) is 2. The molecule has 1 N–H and O–H groups in total. The summed E-state index contributed by atoms with van der Waals surface area (Å²) in [6.07, 6.45) is 1.93. The van der Waals surface area contributed by atoms with Gasteiger partial charge in [0.2, 0.25) is 0 Å². The molecule has 0 saturated carbocycles. The van der Waals surface area contributed by atoms with Gasteiger partial charge >= 0.3 is 0 Å². The first-order valence-electron chi connectivity index (χ1n) is 5.23. The average Bonchev–Trinajstić information content (AvgIpc) is 2.26. The lowest BCUT2D eigenvalue weighted by atomic mass is 10.1. The summed E-state index contributed by atoms with van der Waals surface area (Å²) in [7, 11) is 1.68. The molecule has 4 heteroatoms. The predicted molar refractivity (Wildman–Crippen MR) is 55.8 cm³/mol. The van der Waals surface area contributed by atoms with E-state index in [0.29, 0.717) is 5.84 Å². The van der Waals surface area contributed by atoms with Gasteiger partial charge in [0.1, 0.15) is 11.9 Å². The Bertz CT molecular complexity index is 172. The van der Waals surface area contributed by atoms with Crippen LogP contribution in [0.4, 0.5) is 0 Å². The molecule has 1 aliphatic rings. The van der Waals surface area contributed by atoms with Crippen LogP contribution < -0.4 is 0 Å². The van der Waals surface area contributed by atoms with Crippen molar-refractivity contribution in [2.75, 3.05) is 33.4 Å². The van der Waals surface area contributed by atoms with Gasteiger partial charge in [-0.2, -0.15) is 0 Å². The maximum absolute atomic E-state index is 7.99. The lowest BCUT2D eigenvalue weighted by Crippen LogP contribution is -2.45. The molecule has 1 aliphatic heterocycles. The Kier molecular flexibility index (Phi) is 4.90. The van der Waals surface area contributed by atoms with Gasteiger partial charge in [-0.3, -0.25) is 5.41 Å². The lowest BCUT2D eigenvalue weighted by Gasteiger charge is -2.32. The number of hydrogen-bond acceptors (Lipinski definition) is 3. The highest BCUT2D eigenvalue weighted by atomic mass is 16.5. The van der Waals surface area contributed by atoms with Gasteiger partial charge in [-0.15, -0.1) is 0 Å². The third-order valence-corrected chi connectivity index (χ3v) is 2.49. The van der Waals surface area contributed by atoms with Crippen LogP contribution in [-0.2, 0) is 9.47 Å². The first kappa shape index (κ1) is 11.5. The van der Waals surface area contributed by atoms with E-state index in [2.05, 4.69) is 6.92 Å². The molecule has 1 unspecified atom stereocenters. The van der Waals surface area contributed by atoms with Crippen molar-refractivity contribution in [3.63, 3.8) is 0 Å². The molecule has 0 aromatic heterocycles. The molecule has 0 spiro atoms. The van der Waals surface area contributed by atoms with Gasteiger partial charge in [-0.1, -0.05) is 13.3 Å².